The largest absolute Gasteiger partial charge is 0.198 e. The van der Waals surface area contributed by atoms with E-state index in [1.807, 2.05) is 0 Å². The predicted molar refractivity (Wildman–Crippen MR) is 70.4 cm³/mol. The number of nitriles is 1. The summed E-state index contributed by atoms with van der Waals surface area (Å²) < 4.78 is 0. The second-order valence-electron chi connectivity index (χ2n) is 5.16. The number of unbranched alkanes of at least 4 members (excludes halogenated alkanes) is 4. The van der Waals surface area contributed by atoms with Crippen LogP contribution in [0.4, 0.5) is 0 Å². The van der Waals surface area contributed by atoms with Crippen LogP contribution < -0.4 is 0 Å². The lowest BCUT2D eigenvalue weighted by Gasteiger charge is -2.18. The summed E-state index contributed by atoms with van der Waals surface area (Å²) in [5, 5.41) is 10.2. The van der Waals surface area contributed by atoms with E-state index in [1.54, 1.807) is 0 Å². The van der Waals surface area contributed by atoms with Crippen LogP contribution in [-0.4, -0.2) is 8.07 Å². The summed E-state index contributed by atoms with van der Waals surface area (Å²) >= 11 is 0. The first-order valence-corrected chi connectivity index (χ1v) is 9.58. The van der Waals surface area contributed by atoms with E-state index in [0.29, 0.717) is 6.42 Å². The van der Waals surface area contributed by atoms with E-state index in [1.165, 1.54) is 37.3 Å². The lowest BCUT2D eigenvalue weighted by atomic mass is 10.1. The monoisotopic (exact) mass is 223 g/mol. The Morgan fingerprint density at radius 2 is 1.87 bits per heavy atom. The van der Waals surface area contributed by atoms with Gasteiger partial charge in [0.2, 0.25) is 0 Å². The average Bonchev–Trinajstić information content (AvgIpc) is 2.14. The van der Waals surface area contributed by atoms with E-state index in [0.717, 1.165) is 0 Å². The first kappa shape index (κ1) is 14.4. The predicted octanol–water partition coefficient (Wildman–Crippen LogP) is 4.67. The summed E-state index contributed by atoms with van der Waals surface area (Å²) in [6.45, 7) is 9.20. The van der Waals surface area contributed by atoms with Crippen molar-refractivity contribution in [3.63, 3.8) is 0 Å². The first-order valence-electron chi connectivity index (χ1n) is 6.08. The lowest BCUT2D eigenvalue weighted by molar-refractivity contribution is 0.673. The maximum Gasteiger partial charge on any atom is 0.0733 e. The summed E-state index contributed by atoms with van der Waals surface area (Å²) in [6.07, 6.45) is 9.40. The van der Waals surface area contributed by atoms with Crippen LogP contribution in [0.25, 0.3) is 0 Å². The van der Waals surface area contributed by atoms with Gasteiger partial charge in [0.05, 0.1) is 20.6 Å². The Morgan fingerprint density at radius 3 is 2.33 bits per heavy atom. The molecule has 0 amide bonds. The van der Waals surface area contributed by atoms with Crippen molar-refractivity contribution in [3.05, 3.63) is 11.3 Å². The van der Waals surface area contributed by atoms with Gasteiger partial charge in [-0.1, -0.05) is 57.1 Å². The van der Waals surface area contributed by atoms with Crippen molar-refractivity contribution < 1.29 is 0 Å². The Morgan fingerprint density at radius 1 is 1.20 bits per heavy atom. The van der Waals surface area contributed by atoms with Crippen molar-refractivity contribution in [2.24, 2.45) is 0 Å². The molecular weight excluding hydrogens is 198 g/mol. The Balaban J connectivity index is 4.03. The molecule has 0 aliphatic rings. The van der Waals surface area contributed by atoms with Crippen LogP contribution in [0.15, 0.2) is 11.3 Å². The van der Waals surface area contributed by atoms with E-state index in [2.05, 4.69) is 38.7 Å². The Bertz CT molecular complexity index is 230. The molecular formula is C13H25NSi. The molecule has 0 aliphatic carbocycles. The van der Waals surface area contributed by atoms with Gasteiger partial charge in [-0.05, 0) is 12.8 Å². The molecule has 0 radical (unpaired) electrons. The molecule has 0 aromatic carbocycles. The van der Waals surface area contributed by atoms with Gasteiger partial charge < -0.3 is 0 Å². The molecule has 0 aromatic rings. The van der Waals surface area contributed by atoms with Gasteiger partial charge in [0.1, 0.15) is 0 Å². The fourth-order valence-corrected chi connectivity index (χ4v) is 2.94. The highest BCUT2D eigenvalue weighted by molar-refractivity contribution is 6.83. The summed E-state index contributed by atoms with van der Waals surface area (Å²) in [7, 11) is -1.24. The molecule has 0 spiro atoms. The topological polar surface area (TPSA) is 23.8 Å². The molecule has 0 aliphatic heterocycles. The quantitative estimate of drug-likeness (QED) is 0.454. The molecule has 1 nitrogen and oxygen atoms in total. The van der Waals surface area contributed by atoms with E-state index >= 15 is 0 Å². The number of nitrogens with zero attached hydrogens (tertiary/aromatic N) is 1. The van der Waals surface area contributed by atoms with Crippen molar-refractivity contribution in [2.75, 3.05) is 0 Å². The van der Waals surface area contributed by atoms with E-state index in [4.69, 9.17) is 5.26 Å². The van der Waals surface area contributed by atoms with Gasteiger partial charge in [-0.25, -0.2) is 0 Å². The highest BCUT2D eigenvalue weighted by atomic mass is 28.3. The van der Waals surface area contributed by atoms with Crippen molar-refractivity contribution in [2.45, 2.75) is 65.1 Å². The molecule has 0 saturated carbocycles. The van der Waals surface area contributed by atoms with Crippen molar-refractivity contribution in [3.8, 4) is 6.07 Å². The van der Waals surface area contributed by atoms with Gasteiger partial charge >= 0.3 is 0 Å². The zero-order valence-corrected chi connectivity index (χ0v) is 11.8. The maximum atomic E-state index is 8.77. The van der Waals surface area contributed by atoms with Gasteiger partial charge in [0, 0.05) is 0 Å². The smallest absolute Gasteiger partial charge is 0.0733 e. The van der Waals surface area contributed by atoms with Crippen LogP contribution in [0.2, 0.25) is 19.6 Å². The molecule has 86 valence electrons. The van der Waals surface area contributed by atoms with Crippen molar-refractivity contribution >= 4 is 8.07 Å². The minimum absolute atomic E-state index is 0.642. The zero-order valence-electron chi connectivity index (χ0n) is 10.8. The molecule has 0 fully saturated rings. The fraction of sp³-hybridized carbons (Fsp3) is 0.769. The third-order valence-corrected chi connectivity index (χ3v) is 4.99. The highest BCUT2D eigenvalue weighted by Gasteiger charge is 2.18. The molecule has 0 N–H and O–H groups in total. The molecule has 0 rings (SSSR count). The summed E-state index contributed by atoms with van der Waals surface area (Å²) in [5.41, 5.74) is 0. The molecule has 0 saturated heterocycles. The van der Waals surface area contributed by atoms with E-state index < -0.39 is 8.07 Å². The molecule has 0 heterocycles. The standard InChI is InChI=1S/C13H25NSi/c1-5-6-7-8-9-10-13(11-12-14)15(2,3)4/h10H,5-9,11H2,1-4H3. The number of rotatable bonds is 7. The SMILES string of the molecule is CCCCCCC=C(CC#N)[Si](C)(C)C. The third kappa shape index (κ3) is 7.38. The van der Waals surface area contributed by atoms with Crippen molar-refractivity contribution in [1.82, 2.24) is 0 Å². The van der Waals surface area contributed by atoms with Crippen molar-refractivity contribution in [1.29, 1.82) is 5.26 Å². The van der Waals surface area contributed by atoms with Gasteiger partial charge in [-0.2, -0.15) is 5.26 Å². The van der Waals surface area contributed by atoms with Gasteiger partial charge in [-0.3, -0.25) is 0 Å². The Hall–Kier alpha value is -0.553. The minimum atomic E-state index is -1.24. The third-order valence-electron chi connectivity index (χ3n) is 2.68. The second-order valence-corrected chi connectivity index (χ2v) is 10.3. The van der Waals surface area contributed by atoms with Gasteiger partial charge in [0.25, 0.3) is 0 Å². The highest BCUT2D eigenvalue weighted by Crippen LogP contribution is 2.19. The summed E-state index contributed by atoms with van der Waals surface area (Å²) in [4.78, 5) is 0. The molecule has 0 unspecified atom stereocenters. The zero-order chi connectivity index (χ0) is 11.7. The number of hydrogen-bond acceptors (Lipinski definition) is 1. The summed E-state index contributed by atoms with van der Waals surface area (Å²) in [6, 6.07) is 2.29. The Kier molecular flexibility index (Phi) is 7.42. The maximum absolute atomic E-state index is 8.77. The lowest BCUT2D eigenvalue weighted by Crippen LogP contribution is -2.23. The van der Waals surface area contributed by atoms with E-state index in [9.17, 15) is 0 Å². The summed E-state index contributed by atoms with van der Waals surface area (Å²) in [5.74, 6) is 0. The van der Waals surface area contributed by atoms with Crippen LogP contribution in [0.1, 0.15) is 45.4 Å². The van der Waals surface area contributed by atoms with Gasteiger partial charge in [0.15, 0.2) is 0 Å². The molecule has 0 aromatic heterocycles. The Labute approximate surface area is 96.2 Å². The minimum Gasteiger partial charge on any atom is -0.198 e. The first-order chi connectivity index (χ1) is 7.02. The molecule has 0 atom stereocenters. The molecule has 0 bridgehead atoms. The number of allylic oxidation sites excluding steroid dienone is 2. The van der Waals surface area contributed by atoms with Crippen LogP contribution >= 0.6 is 0 Å². The number of hydrogen-bond donors (Lipinski definition) is 0. The van der Waals surface area contributed by atoms with Crippen LogP contribution in [-0.2, 0) is 0 Å². The normalized spacial score (nSPS) is 12.6. The molecule has 2 heteroatoms. The fourth-order valence-electron chi connectivity index (χ4n) is 1.58. The van der Waals surface area contributed by atoms with Crippen LogP contribution in [0.3, 0.4) is 0 Å². The molecule has 15 heavy (non-hydrogen) atoms. The second kappa shape index (κ2) is 7.70. The van der Waals surface area contributed by atoms with E-state index in [-0.39, 0.29) is 0 Å². The average molecular weight is 223 g/mol. The van der Waals surface area contributed by atoms with Gasteiger partial charge in [-0.15, -0.1) is 0 Å². The van der Waals surface area contributed by atoms with Crippen LogP contribution in [0.5, 0.6) is 0 Å². The van der Waals surface area contributed by atoms with Crippen LogP contribution in [0, 0.1) is 11.3 Å².